The topological polar surface area (TPSA) is 270 Å². The van der Waals surface area contributed by atoms with E-state index < -0.39 is 137 Å². The Bertz CT molecular complexity index is 3020. The number of fused-ring (bicyclic) bond motifs is 3. The summed E-state index contributed by atoms with van der Waals surface area (Å²) in [6, 6.07) is 10.6. The molecule has 1 aliphatic rings. The average Bonchev–Trinajstić information content (AvgIpc) is 1.63. The summed E-state index contributed by atoms with van der Waals surface area (Å²) in [5.74, 6) is -12.2. The normalized spacial score (nSPS) is 15.6. The predicted octanol–water partition coefficient (Wildman–Crippen LogP) is 9.98. The van der Waals surface area contributed by atoms with Crippen molar-refractivity contribution in [3.63, 3.8) is 0 Å². The summed E-state index contributed by atoms with van der Waals surface area (Å²) in [5.41, 5.74) is 4.31. The minimum Gasteiger partial charge on any atom is -0.465 e. The highest BCUT2D eigenvalue weighted by Crippen LogP contribution is 2.45. The van der Waals surface area contributed by atoms with Gasteiger partial charge in [-0.25, -0.2) is 4.79 Å². The predicted molar refractivity (Wildman–Crippen MR) is 374 cm³/mol. The summed E-state index contributed by atoms with van der Waals surface area (Å²) in [6.45, 7) is 29.6. The number of benzene rings is 2. The lowest BCUT2D eigenvalue weighted by Crippen LogP contribution is -2.53. The number of allylic oxidation sites excluding steroid dienone is 2. The zero-order chi connectivity index (χ0) is 73.5. The number of likely N-dealkylation sites (N-methyl/N-ethyl adjacent to an activating group) is 4. The Balaban J connectivity index is 1.82. The number of rotatable bonds is 41. The summed E-state index contributed by atoms with van der Waals surface area (Å²) >= 11 is 0. The van der Waals surface area contributed by atoms with E-state index in [0.29, 0.717) is 6.42 Å². The lowest BCUT2D eigenvalue weighted by Gasteiger charge is -2.36. The van der Waals surface area contributed by atoms with Crippen LogP contribution < -0.4 is 10.6 Å². The van der Waals surface area contributed by atoms with Crippen LogP contribution in [0.2, 0.25) is 0 Å². The van der Waals surface area contributed by atoms with E-state index in [1.165, 1.54) is 54.5 Å². The zero-order valence-corrected chi connectivity index (χ0v) is 62.0. The van der Waals surface area contributed by atoms with E-state index in [2.05, 4.69) is 22.8 Å². The molecule has 540 valence electrons. The molecular formula is C76H116N6O15. The number of nitrogens with zero attached hydrogens (tertiary/aromatic N) is 4. The van der Waals surface area contributed by atoms with Crippen LogP contribution in [0.3, 0.4) is 0 Å². The van der Waals surface area contributed by atoms with Crippen molar-refractivity contribution in [3.05, 3.63) is 71.8 Å². The molecule has 0 fully saturated rings. The van der Waals surface area contributed by atoms with Crippen LogP contribution in [0.1, 0.15) is 193 Å². The maximum Gasteiger partial charge on any atom is 0.328 e. The molecule has 0 aromatic heterocycles. The second kappa shape index (κ2) is 39.7. The van der Waals surface area contributed by atoms with Gasteiger partial charge in [0.05, 0.1) is 42.9 Å². The Morgan fingerprint density at radius 1 is 0.567 bits per heavy atom. The SMILES string of the molecule is C/C=C/C[C@@H](C)[C@@H](OC(C)=O)[C@H](CC(=O)[C@H](C(C)C)N(C)C(=O)[C@@H](CC(=O)[C@H](CC(C)C)N(C)C(=O)[C@@H](C)NC(=O)[C@H](C)CC(=O)[C@@H](CC(C)C)N(C)C(=O)[C@@H](CC(=O)OCC1c2ccccc2-c2ccccc21)C(C)C)CC(C)C)C(=O)N[C@@H](CC)C(=O)OCCN(C)C(C)=O. The molecule has 2 aromatic carbocycles. The molecule has 1 aliphatic carbocycles. The van der Waals surface area contributed by atoms with Crippen LogP contribution in [-0.4, -0.2) is 175 Å². The number of esters is 3. The van der Waals surface area contributed by atoms with Crippen molar-refractivity contribution in [3.8, 4) is 11.1 Å². The van der Waals surface area contributed by atoms with E-state index in [4.69, 9.17) is 14.2 Å². The van der Waals surface area contributed by atoms with Crippen molar-refractivity contribution in [2.45, 2.75) is 218 Å². The number of hydrogen-bond acceptors (Lipinski definition) is 15. The number of carbonyl (C=O) groups excluding carboxylic acids is 12. The molecule has 21 heteroatoms. The fourth-order valence-electron chi connectivity index (χ4n) is 13.0. The van der Waals surface area contributed by atoms with E-state index in [1.54, 1.807) is 54.8 Å². The first-order valence-corrected chi connectivity index (χ1v) is 34.9. The summed E-state index contributed by atoms with van der Waals surface area (Å²) in [5, 5.41) is 5.48. The highest BCUT2D eigenvalue weighted by atomic mass is 16.5. The second-order valence-corrected chi connectivity index (χ2v) is 28.8. The molecule has 0 aliphatic heterocycles. The van der Waals surface area contributed by atoms with Gasteiger partial charge in [-0.15, -0.1) is 0 Å². The molecule has 2 aromatic rings. The fraction of sp³-hybridized carbons (Fsp3) is 0.658. The second-order valence-electron chi connectivity index (χ2n) is 28.8. The van der Waals surface area contributed by atoms with Gasteiger partial charge in [-0.2, -0.15) is 0 Å². The molecule has 0 bridgehead atoms. The molecule has 97 heavy (non-hydrogen) atoms. The third-order valence-electron chi connectivity index (χ3n) is 18.6. The number of nitrogens with one attached hydrogen (secondary N) is 2. The first-order valence-electron chi connectivity index (χ1n) is 34.9. The fourth-order valence-corrected chi connectivity index (χ4v) is 13.0. The number of Topliss-reactive ketones (excluding diaryl/α,β-unsaturated/α-hetero) is 3. The first-order chi connectivity index (χ1) is 45.4. The minimum atomic E-state index is -1.34. The smallest absolute Gasteiger partial charge is 0.328 e. The van der Waals surface area contributed by atoms with Crippen molar-refractivity contribution in [2.75, 3.05) is 47.9 Å². The average molecular weight is 1350 g/mol. The Kier molecular flexibility index (Phi) is 34.3. The number of carbonyl (C=O) groups is 12. The molecule has 3 rings (SSSR count). The Hall–Kier alpha value is -7.58. The van der Waals surface area contributed by atoms with Crippen LogP contribution in [0, 0.1) is 59.2 Å². The van der Waals surface area contributed by atoms with Crippen LogP contribution in [-0.2, 0) is 71.7 Å². The monoisotopic (exact) mass is 1350 g/mol. The Morgan fingerprint density at radius 2 is 1.09 bits per heavy atom. The molecule has 0 radical (unpaired) electrons. The van der Waals surface area contributed by atoms with Crippen molar-refractivity contribution in [2.24, 2.45) is 59.2 Å². The lowest BCUT2D eigenvalue weighted by atomic mass is 9.82. The van der Waals surface area contributed by atoms with Crippen molar-refractivity contribution < 1.29 is 71.7 Å². The van der Waals surface area contributed by atoms with Crippen molar-refractivity contribution in [1.29, 1.82) is 0 Å². The van der Waals surface area contributed by atoms with Gasteiger partial charge in [0.25, 0.3) is 0 Å². The third-order valence-corrected chi connectivity index (χ3v) is 18.6. The van der Waals surface area contributed by atoms with Crippen molar-refractivity contribution in [1.82, 2.24) is 30.2 Å². The summed E-state index contributed by atoms with van der Waals surface area (Å²) in [4.78, 5) is 173. The van der Waals surface area contributed by atoms with Gasteiger partial charge in [0.2, 0.25) is 35.4 Å². The number of ketones is 3. The summed E-state index contributed by atoms with van der Waals surface area (Å²) < 4.78 is 17.2. The van der Waals surface area contributed by atoms with E-state index in [9.17, 15) is 52.7 Å². The minimum absolute atomic E-state index is 0.0355. The van der Waals surface area contributed by atoms with Crippen LogP contribution >= 0.6 is 0 Å². The van der Waals surface area contributed by atoms with Crippen LogP contribution in [0.4, 0.5) is 0 Å². The van der Waals surface area contributed by atoms with Gasteiger partial charge >= 0.3 is 17.9 Å². The van der Waals surface area contributed by atoms with Gasteiger partial charge < -0.3 is 44.4 Å². The highest BCUT2D eigenvalue weighted by Gasteiger charge is 2.44. The molecule has 0 saturated heterocycles. The maximum atomic E-state index is 15.0. The zero-order valence-electron chi connectivity index (χ0n) is 62.0. The molecule has 21 nitrogen and oxygen atoms in total. The maximum absolute atomic E-state index is 15.0. The van der Waals surface area contributed by atoms with Crippen LogP contribution in [0.5, 0.6) is 0 Å². The third kappa shape index (κ3) is 24.7. The largest absolute Gasteiger partial charge is 0.465 e. The van der Waals surface area contributed by atoms with Gasteiger partial charge in [-0.3, -0.25) is 52.7 Å². The number of hydrogen-bond donors (Lipinski definition) is 2. The molecule has 11 atom stereocenters. The molecule has 0 spiro atoms. The van der Waals surface area contributed by atoms with Gasteiger partial charge in [-0.05, 0) is 104 Å². The highest BCUT2D eigenvalue weighted by molar-refractivity contribution is 5.98. The van der Waals surface area contributed by atoms with Gasteiger partial charge in [0, 0.05) is 79.1 Å². The van der Waals surface area contributed by atoms with E-state index in [-0.39, 0.29) is 106 Å². The Morgan fingerprint density at radius 3 is 1.58 bits per heavy atom. The van der Waals surface area contributed by atoms with Crippen LogP contribution in [0.15, 0.2) is 60.7 Å². The van der Waals surface area contributed by atoms with Crippen LogP contribution in [0.25, 0.3) is 11.1 Å². The molecule has 0 unspecified atom stereocenters. The van der Waals surface area contributed by atoms with Gasteiger partial charge in [-0.1, -0.05) is 151 Å². The van der Waals surface area contributed by atoms with Crippen molar-refractivity contribution >= 4 is 70.7 Å². The quantitative estimate of drug-likeness (QED) is 0.0356. The first kappa shape index (κ1) is 83.6. The summed E-state index contributed by atoms with van der Waals surface area (Å²) in [6.07, 6.45) is 2.40. The lowest BCUT2D eigenvalue weighted by molar-refractivity contribution is -0.159. The number of amides is 6. The number of ether oxygens (including phenoxy) is 3. The molecule has 6 amide bonds. The molecule has 0 heterocycles. The van der Waals surface area contributed by atoms with Gasteiger partial charge in [0.15, 0.2) is 17.3 Å². The summed E-state index contributed by atoms with van der Waals surface area (Å²) in [7, 11) is 6.05. The van der Waals surface area contributed by atoms with E-state index in [1.807, 2.05) is 105 Å². The molecular weight excluding hydrogens is 1240 g/mol. The standard InChI is InChI=1S/C76H116N6O15/c1-22-24-29-49(13)70(97-53(17)84)60(72(90)78-62(23-2)76(94)95-35-34-79(18)52(16)83)41-67(87)69(48(11)12)82(21)74(92)54(36-44(3)4)40-66(86)64(38-46(7)8)80(19)73(91)51(15)77-71(89)50(14)39-65(85)63(37-45(5)6)81(20)75(93)59(47(9)10)42-68(88)96-43-61-57-32-27-25-30-55(57)56-31-26-28-33-58(56)61/h22,24-28,30-33,44-51,54,59-64,69-70H,23,29,34-43H2,1-21H3,(H,77,89)(H,78,90)/b24-22+/t49-,50-,51-,54-,59+,60+,62+,63-,64+,69+,70-/m1/s1. The molecule has 0 saturated carbocycles. The van der Waals surface area contributed by atoms with E-state index in [0.717, 1.165) is 22.3 Å². The Labute approximate surface area is 578 Å². The molecule has 2 N–H and O–H groups in total. The van der Waals surface area contributed by atoms with Gasteiger partial charge in [0.1, 0.15) is 31.4 Å². The van der Waals surface area contributed by atoms with E-state index >= 15 is 4.79 Å².